The number of fused-ring (bicyclic) bond motifs is 1. The van der Waals surface area contributed by atoms with Crippen LogP contribution in [0.4, 0.5) is 9.18 Å². The van der Waals surface area contributed by atoms with E-state index in [1.807, 2.05) is 20.8 Å². The number of hydrogen-bond acceptors (Lipinski definition) is 4. The molecule has 1 saturated carbocycles. The molecule has 0 aromatic heterocycles. The summed E-state index contributed by atoms with van der Waals surface area (Å²) in [6.07, 6.45) is -0.317. The molecule has 1 aromatic rings. The van der Waals surface area contributed by atoms with Crippen molar-refractivity contribution in [1.29, 1.82) is 0 Å². The molecule has 1 saturated heterocycles. The first kappa shape index (κ1) is 18.8. The molecule has 26 heavy (non-hydrogen) atoms. The maximum absolute atomic E-state index is 13.3. The molecule has 0 spiro atoms. The minimum Gasteiger partial charge on any atom is -0.484 e. The van der Waals surface area contributed by atoms with Gasteiger partial charge in [-0.05, 0) is 32.9 Å². The Kier molecular flexibility index (Phi) is 5.01. The Balaban J connectivity index is 1.40. The molecule has 0 radical (unpaired) electrons. The molecule has 142 valence electrons. The van der Waals surface area contributed by atoms with Gasteiger partial charge in [-0.2, -0.15) is 0 Å². The largest absolute Gasteiger partial charge is 0.484 e. The first-order valence-electron chi connectivity index (χ1n) is 8.49. The quantitative estimate of drug-likeness (QED) is 0.866. The number of amides is 2. The zero-order chi connectivity index (χ0) is 19.1. The number of carbonyl (C=O) groups excluding carboxylic acids is 2. The van der Waals surface area contributed by atoms with Crippen molar-refractivity contribution in [2.75, 3.05) is 19.7 Å². The molecule has 0 unspecified atom stereocenters. The summed E-state index contributed by atoms with van der Waals surface area (Å²) in [4.78, 5) is 25.7. The van der Waals surface area contributed by atoms with Crippen molar-refractivity contribution in [3.63, 3.8) is 0 Å². The highest BCUT2D eigenvalue weighted by Gasteiger charge is 2.57. The molecule has 2 aliphatic rings. The van der Waals surface area contributed by atoms with Crippen molar-refractivity contribution in [3.05, 3.63) is 29.0 Å². The lowest BCUT2D eigenvalue weighted by molar-refractivity contribution is -0.123. The van der Waals surface area contributed by atoms with E-state index in [2.05, 4.69) is 5.32 Å². The number of benzene rings is 1. The average Bonchev–Trinajstić information content (AvgIpc) is 2.97. The van der Waals surface area contributed by atoms with Crippen molar-refractivity contribution < 1.29 is 23.5 Å². The van der Waals surface area contributed by atoms with Crippen LogP contribution in [0.1, 0.15) is 20.8 Å². The summed E-state index contributed by atoms with van der Waals surface area (Å²) in [6, 6.07) is 4.07. The molecule has 2 amide bonds. The number of carbonyl (C=O) groups is 2. The predicted molar refractivity (Wildman–Crippen MR) is 93.6 cm³/mol. The number of hydrogen-bond donors (Lipinski definition) is 1. The number of nitrogens with one attached hydrogen (secondary N) is 1. The third-order valence-corrected chi connectivity index (χ3v) is 4.74. The fourth-order valence-electron chi connectivity index (χ4n) is 3.16. The predicted octanol–water partition coefficient (Wildman–Crippen LogP) is 2.84. The van der Waals surface area contributed by atoms with Gasteiger partial charge in [0.05, 0.1) is 5.02 Å². The van der Waals surface area contributed by atoms with Gasteiger partial charge in [0.25, 0.3) is 5.91 Å². The fourth-order valence-corrected chi connectivity index (χ4v) is 3.28. The number of nitrogens with zero attached hydrogens (tertiary/aromatic N) is 1. The first-order chi connectivity index (χ1) is 12.1. The molecular weight excluding hydrogens is 363 g/mol. The van der Waals surface area contributed by atoms with E-state index in [0.29, 0.717) is 13.1 Å². The van der Waals surface area contributed by atoms with Crippen molar-refractivity contribution in [3.8, 4) is 5.75 Å². The van der Waals surface area contributed by atoms with Gasteiger partial charge in [0.1, 0.15) is 17.2 Å². The SMILES string of the molecule is CC(C)(C)OC(=O)N1C[C@@H]2[C@H](C1)[C@H]2NC(=O)COc1ccc(Cl)c(F)c1. The first-order valence-corrected chi connectivity index (χ1v) is 8.87. The van der Waals surface area contributed by atoms with Crippen LogP contribution in [0.3, 0.4) is 0 Å². The minimum atomic E-state index is -0.594. The maximum atomic E-state index is 13.3. The third kappa shape index (κ3) is 4.38. The molecule has 8 heteroatoms. The van der Waals surface area contributed by atoms with Crippen molar-refractivity contribution in [1.82, 2.24) is 10.2 Å². The molecular formula is C18H22ClFN2O4. The summed E-state index contributed by atoms with van der Waals surface area (Å²) in [6.45, 7) is 6.44. The second kappa shape index (κ2) is 6.95. The van der Waals surface area contributed by atoms with Gasteiger partial charge in [-0.15, -0.1) is 0 Å². The number of ether oxygens (including phenoxy) is 2. The number of piperidine rings is 1. The third-order valence-electron chi connectivity index (χ3n) is 4.43. The number of likely N-dealkylation sites (tertiary alicyclic amines) is 1. The summed E-state index contributed by atoms with van der Waals surface area (Å²) in [7, 11) is 0. The topological polar surface area (TPSA) is 67.9 Å². The van der Waals surface area contributed by atoms with Crippen LogP contribution >= 0.6 is 11.6 Å². The van der Waals surface area contributed by atoms with Crippen LogP contribution in [0.2, 0.25) is 5.02 Å². The molecule has 0 bridgehead atoms. The van der Waals surface area contributed by atoms with E-state index >= 15 is 0 Å². The van der Waals surface area contributed by atoms with Gasteiger partial charge in [-0.1, -0.05) is 11.6 Å². The van der Waals surface area contributed by atoms with Crippen LogP contribution < -0.4 is 10.1 Å². The fraction of sp³-hybridized carbons (Fsp3) is 0.556. The van der Waals surface area contributed by atoms with E-state index < -0.39 is 11.4 Å². The highest BCUT2D eigenvalue weighted by molar-refractivity contribution is 6.30. The minimum absolute atomic E-state index is 0.00199. The van der Waals surface area contributed by atoms with E-state index in [4.69, 9.17) is 21.1 Å². The van der Waals surface area contributed by atoms with Gasteiger partial charge in [0.2, 0.25) is 0 Å². The molecule has 1 aliphatic carbocycles. The lowest BCUT2D eigenvalue weighted by Gasteiger charge is -2.26. The Bertz CT molecular complexity index is 710. The number of rotatable bonds is 4. The molecule has 1 heterocycles. The molecule has 3 rings (SSSR count). The van der Waals surface area contributed by atoms with Gasteiger partial charge in [-0.25, -0.2) is 9.18 Å². The van der Waals surface area contributed by atoms with Crippen LogP contribution in [-0.2, 0) is 9.53 Å². The van der Waals surface area contributed by atoms with Crippen molar-refractivity contribution in [2.24, 2.45) is 11.8 Å². The average molecular weight is 385 g/mol. The lowest BCUT2D eigenvalue weighted by Crippen LogP contribution is -2.41. The van der Waals surface area contributed by atoms with Crippen LogP contribution in [-0.4, -0.2) is 48.2 Å². The van der Waals surface area contributed by atoms with E-state index in [9.17, 15) is 14.0 Å². The molecule has 2 fully saturated rings. The normalized spacial score (nSPS) is 24.0. The summed E-state index contributed by atoms with van der Waals surface area (Å²) in [5, 5.41) is 2.90. The Morgan fingerprint density at radius 1 is 1.31 bits per heavy atom. The molecule has 1 aliphatic heterocycles. The van der Waals surface area contributed by atoms with Crippen LogP contribution in [0, 0.1) is 17.7 Å². The van der Waals surface area contributed by atoms with E-state index in [1.165, 1.54) is 12.1 Å². The Morgan fingerprint density at radius 3 is 2.54 bits per heavy atom. The molecule has 6 nitrogen and oxygen atoms in total. The smallest absolute Gasteiger partial charge is 0.410 e. The van der Waals surface area contributed by atoms with Gasteiger partial charge in [-0.3, -0.25) is 4.79 Å². The Morgan fingerprint density at radius 2 is 1.96 bits per heavy atom. The van der Waals surface area contributed by atoms with Crippen molar-refractivity contribution >= 4 is 23.6 Å². The zero-order valence-electron chi connectivity index (χ0n) is 14.9. The Labute approximate surface area is 156 Å². The van der Waals surface area contributed by atoms with Gasteiger partial charge < -0.3 is 19.7 Å². The molecule has 1 N–H and O–H groups in total. The summed E-state index contributed by atoms with van der Waals surface area (Å²) in [5.41, 5.74) is -0.518. The van der Waals surface area contributed by atoms with Crippen molar-refractivity contribution in [2.45, 2.75) is 32.4 Å². The monoisotopic (exact) mass is 384 g/mol. The zero-order valence-corrected chi connectivity index (χ0v) is 15.7. The lowest BCUT2D eigenvalue weighted by atomic mass is 10.2. The standard InChI is InChI=1S/C18H22ClFN2O4/c1-18(2,3)26-17(24)22-7-11-12(8-22)16(11)21-15(23)9-25-10-4-5-13(19)14(20)6-10/h4-6,11-12,16H,7-9H2,1-3H3,(H,21,23)/t11-,12+,16+. The van der Waals surface area contributed by atoms with Gasteiger partial charge in [0.15, 0.2) is 6.61 Å². The summed E-state index contributed by atoms with van der Waals surface area (Å²) < 4.78 is 24.0. The Hall–Kier alpha value is -2.02. The molecule has 3 atom stereocenters. The van der Waals surface area contributed by atoms with Crippen LogP contribution in [0.15, 0.2) is 18.2 Å². The number of halogens is 2. The van der Waals surface area contributed by atoms with Gasteiger partial charge >= 0.3 is 6.09 Å². The highest BCUT2D eigenvalue weighted by Crippen LogP contribution is 2.45. The maximum Gasteiger partial charge on any atom is 0.410 e. The van der Waals surface area contributed by atoms with E-state index in [-0.39, 0.29) is 47.3 Å². The van der Waals surface area contributed by atoms with Crippen LogP contribution in [0.25, 0.3) is 0 Å². The molecule has 1 aromatic carbocycles. The second-order valence-corrected chi connectivity index (χ2v) is 8.08. The van der Waals surface area contributed by atoms with E-state index in [0.717, 1.165) is 6.07 Å². The van der Waals surface area contributed by atoms with Crippen LogP contribution in [0.5, 0.6) is 5.75 Å². The van der Waals surface area contributed by atoms with E-state index in [1.54, 1.807) is 4.90 Å². The summed E-state index contributed by atoms with van der Waals surface area (Å²) in [5.74, 6) is -0.125. The van der Waals surface area contributed by atoms with Gasteiger partial charge in [0, 0.05) is 37.0 Å². The summed E-state index contributed by atoms with van der Waals surface area (Å²) >= 11 is 5.60. The highest BCUT2D eigenvalue weighted by atomic mass is 35.5. The second-order valence-electron chi connectivity index (χ2n) is 7.67.